The zero-order valence-electron chi connectivity index (χ0n) is 17.4. The number of aryl methyl sites for hydroxylation is 2. The maximum absolute atomic E-state index is 12.5. The van der Waals surface area contributed by atoms with E-state index in [0.29, 0.717) is 18.8 Å². The fraction of sp³-hybridized carbons (Fsp3) is 0.455. The smallest absolute Gasteiger partial charge is 0.289 e. The minimum atomic E-state index is -0.0422. The van der Waals surface area contributed by atoms with Crippen molar-refractivity contribution in [2.75, 3.05) is 26.2 Å². The largest absolute Gasteiger partial charge is 0.459 e. The average molecular weight is 409 g/mol. The van der Waals surface area contributed by atoms with Gasteiger partial charge in [0.15, 0.2) is 11.6 Å². The first kappa shape index (κ1) is 20.3. The van der Waals surface area contributed by atoms with Crippen LogP contribution in [0, 0.1) is 0 Å². The third kappa shape index (κ3) is 4.59. The van der Waals surface area contributed by atoms with Gasteiger partial charge in [-0.3, -0.25) is 9.69 Å². The Morgan fingerprint density at radius 2 is 1.90 bits per heavy atom. The van der Waals surface area contributed by atoms with Gasteiger partial charge in [0.25, 0.3) is 5.91 Å². The van der Waals surface area contributed by atoms with Gasteiger partial charge in [0.05, 0.1) is 12.3 Å². The molecule has 30 heavy (non-hydrogen) atoms. The highest BCUT2D eigenvalue weighted by atomic mass is 16.3. The first-order chi connectivity index (χ1) is 14.8. The van der Waals surface area contributed by atoms with Crippen LogP contribution in [0.5, 0.6) is 0 Å². The van der Waals surface area contributed by atoms with Gasteiger partial charge in [0, 0.05) is 32.7 Å². The molecule has 1 saturated heterocycles. The fourth-order valence-electron chi connectivity index (χ4n) is 4.03. The average Bonchev–Trinajstić information content (AvgIpc) is 3.49. The highest BCUT2D eigenvalue weighted by Gasteiger charge is 2.30. The number of piperazine rings is 1. The summed E-state index contributed by atoms with van der Waals surface area (Å²) in [4.78, 5) is 16.8. The number of furan rings is 1. The van der Waals surface area contributed by atoms with Gasteiger partial charge in [-0.25, -0.2) is 4.68 Å². The number of aromatic nitrogens is 4. The lowest BCUT2D eigenvalue weighted by Crippen LogP contribution is -2.50. The normalized spacial score (nSPS) is 16.0. The minimum absolute atomic E-state index is 0.0422. The predicted molar refractivity (Wildman–Crippen MR) is 112 cm³/mol. The molecule has 0 unspecified atom stereocenters. The van der Waals surface area contributed by atoms with Crippen molar-refractivity contribution in [2.24, 2.45) is 0 Å². The lowest BCUT2D eigenvalue weighted by atomic mass is 10.1. The Labute approximate surface area is 176 Å². The molecule has 0 aliphatic carbocycles. The zero-order chi connectivity index (χ0) is 20.8. The van der Waals surface area contributed by atoms with Crippen molar-refractivity contribution in [3.05, 3.63) is 65.9 Å². The summed E-state index contributed by atoms with van der Waals surface area (Å²) >= 11 is 0. The lowest BCUT2D eigenvalue weighted by molar-refractivity contribution is 0.0514. The number of carbonyl (C=O) groups is 1. The van der Waals surface area contributed by atoms with Crippen LogP contribution < -0.4 is 0 Å². The Morgan fingerprint density at radius 1 is 1.10 bits per heavy atom. The van der Waals surface area contributed by atoms with Gasteiger partial charge >= 0.3 is 0 Å². The predicted octanol–water partition coefficient (Wildman–Crippen LogP) is 2.81. The summed E-state index contributed by atoms with van der Waals surface area (Å²) in [5.74, 6) is 1.27. The molecule has 8 nitrogen and oxygen atoms in total. The Kier molecular flexibility index (Phi) is 6.53. The highest BCUT2D eigenvalue weighted by Crippen LogP contribution is 2.25. The van der Waals surface area contributed by atoms with E-state index in [1.807, 2.05) is 15.6 Å². The quantitative estimate of drug-likeness (QED) is 0.570. The van der Waals surface area contributed by atoms with E-state index < -0.39 is 0 Å². The number of amides is 1. The van der Waals surface area contributed by atoms with Gasteiger partial charge < -0.3 is 9.32 Å². The summed E-state index contributed by atoms with van der Waals surface area (Å²) in [6, 6.07) is 14.0. The molecule has 3 aromatic rings. The van der Waals surface area contributed by atoms with Crippen LogP contribution >= 0.6 is 0 Å². The summed E-state index contributed by atoms with van der Waals surface area (Å²) in [6.07, 6.45) is 4.46. The lowest BCUT2D eigenvalue weighted by Gasteiger charge is -2.38. The topological polar surface area (TPSA) is 80.3 Å². The van der Waals surface area contributed by atoms with Crippen molar-refractivity contribution in [2.45, 2.75) is 38.8 Å². The molecule has 0 spiro atoms. The van der Waals surface area contributed by atoms with Crippen LogP contribution in [-0.4, -0.2) is 62.1 Å². The van der Waals surface area contributed by atoms with Crippen molar-refractivity contribution in [1.82, 2.24) is 30.0 Å². The molecule has 0 N–H and O–H groups in total. The summed E-state index contributed by atoms with van der Waals surface area (Å²) in [5.41, 5.74) is 1.27. The monoisotopic (exact) mass is 408 g/mol. The summed E-state index contributed by atoms with van der Waals surface area (Å²) in [5, 5.41) is 12.6. The number of nitrogens with zero attached hydrogens (tertiary/aromatic N) is 6. The molecule has 1 amide bonds. The number of hydrogen-bond donors (Lipinski definition) is 0. The molecule has 1 aliphatic heterocycles. The third-order valence-corrected chi connectivity index (χ3v) is 5.65. The van der Waals surface area contributed by atoms with Crippen molar-refractivity contribution in [3.63, 3.8) is 0 Å². The molecule has 3 heterocycles. The first-order valence-electron chi connectivity index (χ1n) is 10.6. The summed E-state index contributed by atoms with van der Waals surface area (Å²) in [7, 11) is 0. The molecule has 1 atom stereocenters. The molecule has 1 aromatic carbocycles. The molecule has 1 aliphatic rings. The second-order valence-corrected chi connectivity index (χ2v) is 7.61. The number of rotatable bonds is 8. The second kappa shape index (κ2) is 9.67. The van der Waals surface area contributed by atoms with Gasteiger partial charge in [-0.05, 0) is 41.0 Å². The van der Waals surface area contributed by atoms with E-state index in [1.165, 1.54) is 11.8 Å². The number of carbonyl (C=O) groups excluding carboxylic acids is 1. The Balaban J connectivity index is 1.41. The van der Waals surface area contributed by atoms with Gasteiger partial charge in [-0.1, -0.05) is 43.7 Å². The first-order valence-corrected chi connectivity index (χ1v) is 10.6. The van der Waals surface area contributed by atoms with Crippen molar-refractivity contribution < 1.29 is 9.21 Å². The van der Waals surface area contributed by atoms with Crippen LogP contribution in [0.1, 0.15) is 47.7 Å². The van der Waals surface area contributed by atoms with E-state index in [4.69, 9.17) is 4.42 Å². The van der Waals surface area contributed by atoms with Crippen molar-refractivity contribution >= 4 is 5.91 Å². The molecule has 8 heteroatoms. The van der Waals surface area contributed by atoms with Crippen molar-refractivity contribution in [3.8, 4) is 0 Å². The van der Waals surface area contributed by atoms with E-state index in [-0.39, 0.29) is 11.9 Å². The zero-order valence-corrected chi connectivity index (χ0v) is 17.4. The van der Waals surface area contributed by atoms with E-state index >= 15 is 0 Å². The Morgan fingerprint density at radius 3 is 2.60 bits per heavy atom. The van der Waals surface area contributed by atoms with Crippen LogP contribution in [0.2, 0.25) is 0 Å². The van der Waals surface area contributed by atoms with Crippen LogP contribution in [0.3, 0.4) is 0 Å². The number of benzene rings is 1. The molecular formula is C22H28N6O2. The second-order valence-electron chi connectivity index (χ2n) is 7.61. The van der Waals surface area contributed by atoms with Gasteiger partial charge in [0.1, 0.15) is 0 Å². The number of hydrogen-bond acceptors (Lipinski definition) is 6. The molecule has 1 fully saturated rings. The maximum atomic E-state index is 12.5. The molecule has 2 aromatic heterocycles. The van der Waals surface area contributed by atoms with Gasteiger partial charge in [-0.2, -0.15) is 0 Å². The van der Waals surface area contributed by atoms with E-state index in [2.05, 4.69) is 51.6 Å². The van der Waals surface area contributed by atoms with Crippen molar-refractivity contribution in [1.29, 1.82) is 0 Å². The molecular weight excluding hydrogens is 380 g/mol. The number of tetrazole rings is 1. The molecule has 0 bridgehead atoms. The van der Waals surface area contributed by atoms with E-state index in [0.717, 1.165) is 44.7 Å². The standard InChI is InChI=1S/C22H28N6O2/c1-2-7-19(21-23-24-25-28(21)12-11-18-8-4-3-5-9-18)26-13-15-27(16-14-26)22(29)20-10-6-17-30-20/h3-6,8-10,17,19H,2,7,11-16H2,1H3/t19-/m1/s1. The summed E-state index contributed by atoms with van der Waals surface area (Å²) in [6.45, 7) is 5.87. The SMILES string of the molecule is CCC[C@H](c1nnnn1CCc1ccccc1)N1CCN(C(=O)c2ccco2)CC1. The van der Waals surface area contributed by atoms with Gasteiger partial charge in [0.2, 0.25) is 0 Å². The molecule has 0 radical (unpaired) electrons. The fourth-order valence-corrected chi connectivity index (χ4v) is 4.03. The van der Waals surface area contributed by atoms with Crippen LogP contribution in [-0.2, 0) is 13.0 Å². The van der Waals surface area contributed by atoms with Crippen LogP contribution in [0.25, 0.3) is 0 Å². The van der Waals surface area contributed by atoms with E-state index in [1.54, 1.807) is 12.1 Å². The third-order valence-electron chi connectivity index (χ3n) is 5.65. The van der Waals surface area contributed by atoms with Gasteiger partial charge in [-0.15, -0.1) is 5.10 Å². The minimum Gasteiger partial charge on any atom is -0.459 e. The Bertz CT molecular complexity index is 916. The molecule has 0 saturated carbocycles. The van der Waals surface area contributed by atoms with E-state index in [9.17, 15) is 4.79 Å². The maximum Gasteiger partial charge on any atom is 0.289 e. The van der Waals surface area contributed by atoms with Crippen LogP contribution in [0.4, 0.5) is 0 Å². The molecule has 158 valence electrons. The highest BCUT2D eigenvalue weighted by molar-refractivity contribution is 5.91. The summed E-state index contributed by atoms with van der Waals surface area (Å²) < 4.78 is 7.20. The Hall–Kier alpha value is -3.00. The molecule has 4 rings (SSSR count). The van der Waals surface area contributed by atoms with Crippen LogP contribution in [0.15, 0.2) is 53.1 Å².